The molecule has 2 amide bonds. The molecule has 2 aromatic rings. The van der Waals surface area contributed by atoms with Gasteiger partial charge in [-0.25, -0.2) is 0 Å². The smallest absolute Gasteiger partial charge is 0.326 e. The van der Waals surface area contributed by atoms with Crippen molar-refractivity contribution in [3.8, 4) is 6.07 Å². The molecule has 1 N–H and O–H groups in total. The second kappa shape index (κ2) is 8.36. The van der Waals surface area contributed by atoms with E-state index < -0.39 is 17.6 Å². The van der Waals surface area contributed by atoms with Crippen LogP contribution in [0.15, 0.2) is 48.5 Å². The van der Waals surface area contributed by atoms with E-state index in [1.807, 2.05) is 6.07 Å². The molecule has 0 unspecified atom stereocenters. The summed E-state index contributed by atoms with van der Waals surface area (Å²) in [6, 6.07) is 12.7. The summed E-state index contributed by atoms with van der Waals surface area (Å²) in [5.74, 6) is -0.903. The van der Waals surface area contributed by atoms with Gasteiger partial charge in [-0.15, -0.1) is 0 Å². The van der Waals surface area contributed by atoms with E-state index in [4.69, 9.17) is 5.26 Å². The highest BCUT2D eigenvalue weighted by Gasteiger charge is 2.30. The molecule has 0 aliphatic carbocycles. The lowest BCUT2D eigenvalue weighted by molar-refractivity contribution is -0.137. The van der Waals surface area contributed by atoms with E-state index in [0.29, 0.717) is 5.69 Å². The number of halogens is 3. The van der Waals surface area contributed by atoms with E-state index in [0.717, 1.165) is 12.1 Å². The van der Waals surface area contributed by atoms with Crippen LogP contribution in [0, 0.1) is 11.3 Å². The van der Waals surface area contributed by atoms with E-state index in [1.54, 1.807) is 24.3 Å². The number of hydrogen-bond acceptors (Lipinski definition) is 3. The maximum atomic E-state index is 12.7. The Morgan fingerprint density at radius 1 is 1.15 bits per heavy atom. The third kappa shape index (κ3) is 5.31. The zero-order valence-corrected chi connectivity index (χ0v) is 14.4. The summed E-state index contributed by atoms with van der Waals surface area (Å²) in [7, 11) is 0. The molecule has 0 saturated heterocycles. The first-order valence-electron chi connectivity index (χ1n) is 7.96. The number of para-hydroxylation sites is 1. The lowest BCUT2D eigenvalue weighted by Gasteiger charge is -2.22. The van der Waals surface area contributed by atoms with Crippen molar-refractivity contribution >= 4 is 23.2 Å². The molecule has 0 aliphatic rings. The molecule has 0 saturated carbocycles. The van der Waals surface area contributed by atoms with Gasteiger partial charge in [-0.1, -0.05) is 18.2 Å². The minimum atomic E-state index is -4.51. The van der Waals surface area contributed by atoms with Crippen LogP contribution in [-0.2, 0) is 15.8 Å². The van der Waals surface area contributed by atoms with Crippen LogP contribution in [0.5, 0.6) is 0 Å². The first-order chi connectivity index (χ1) is 12.7. The lowest BCUT2D eigenvalue weighted by Crippen LogP contribution is -2.32. The Balaban J connectivity index is 2.07. The van der Waals surface area contributed by atoms with Crippen molar-refractivity contribution in [2.75, 3.05) is 16.8 Å². The molecule has 2 rings (SSSR count). The number of nitriles is 1. The summed E-state index contributed by atoms with van der Waals surface area (Å²) in [5.41, 5.74) is -0.194. The third-order valence-electron chi connectivity index (χ3n) is 3.73. The van der Waals surface area contributed by atoms with Crippen LogP contribution in [0.1, 0.15) is 24.5 Å². The maximum absolute atomic E-state index is 12.7. The zero-order valence-electron chi connectivity index (χ0n) is 14.4. The topological polar surface area (TPSA) is 73.2 Å². The Kier molecular flexibility index (Phi) is 6.19. The summed E-state index contributed by atoms with van der Waals surface area (Å²) < 4.78 is 38.2. The number of amides is 2. The zero-order chi connectivity index (χ0) is 20.0. The molecule has 5 nitrogen and oxygen atoms in total. The van der Waals surface area contributed by atoms with Gasteiger partial charge in [0.2, 0.25) is 11.8 Å². The summed E-state index contributed by atoms with van der Waals surface area (Å²) in [6.45, 7) is 1.29. The van der Waals surface area contributed by atoms with Crippen LogP contribution in [0.3, 0.4) is 0 Å². The van der Waals surface area contributed by atoms with Crippen LogP contribution in [0.25, 0.3) is 0 Å². The second-order valence-corrected chi connectivity index (χ2v) is 5.68. The maximum Gasteiger partial charge on any atom is 0.416 e. The Labute approximate surface area is 154 Å². The SMILES string of the molecule is CC(=O)N(CCC(=O)Nc1cccc(C(F)(F)F)c1)c1ccccc1C#N. The molecular weight excluding hydrogens is 359 g/mol. The molecule has 2 aromatic carbocycles. The number of alkyl halides is 3. The van der Waals surface area contributed by atoms with Crippen molar-refractivity contribution in [2.24, 2.45) is 0 Å². The molecule has 0 aromatic heterocycles. The van der Waals surface area contributed by atoms with Gasteiger partial charge < -0.3 is 10.2 Å². The number of hydrogen-bond donors (Lipinski definition) is 1. The fourth-order valence-electron chi connectivity index (χ4n) is 2.46. The summed E-state index contributed by atoms with van der Waals surface area (Å²) >= 11 is 0. The second-order valence-electron chi connectivity index (χ2n) is 5.68. The largest absolute Gasteiger partial charge is 0.416 e. The number of anilines is 2. The van der Waals surface area contributed by atoms with Gasteiger partial charge in [-0.3, -0.25) is 9.59 Å². The number of rotatable bonds is 5. The van der Waals surface area contributed by atoms with Crippen LogP contribution in [0.4, 0.5) is 24.5 Å². The first-order valence-corrected chi connectivity index (χ1v) is 7.96. The molecular formula is C19H16F3N3O2. The summed E-state index contributed by atoms with van der Waals surface area (Å²) in [6.07, 6.45) is -4.65. The Morgan fingerprint density at radius 2 is 1.85 bits per heavy atom. The van der Waals surface area contributed by atoms with Crippen molar-refractivity contribution in [1.29, 1.82) is 5.26 Å². The third-order valence-corrected chi connectivity index (χ3v) is 3.73. The number of nitrogens with zero attached hydrogens (tertiary/aromatic N) is 2. The van der Waals surface area contributed by atoms with Gasteiger partial charge in [0.05, 0.1) is 16.8 Å². The van der Waals surface area contributed by atoms with Crippen molar-refractivity contribution < 1.29 is 22.8 Å². The number of carbonyl (C=O) groups is 2. The van der Waals surface area contributed by atoms with E-state index >= 15 is 0 Å². The minimum absolute atomic E-state index is 0.0151. The predicted molar refractivity (Wildman–Crippen MR) is 93.9 cm³/mol. The Bertz CT molecular complexity index is 888. The molecule has 0 bridgehead atoms. The van der Waals surface area contributed by atoms with Crippen LogP contribution in [0.2, 0.25) is 0 Å². The van der Waals surface area contributed by atoms with Gasteiger partial charge in [-0.2, -0.15) is 18.4 Å². The quantitative estimate of drug-likeness (QED) is 0.860. The van der Waals surface area contributed by atoms with E-state index in [9.17, 15) is 22.8 Å². The first kappa shape index (κ1) is 20.0. The summed E-state index contributed by atoms with van der Waals surface area (Å²) in [4.78, 5) is 25.3. The van der Waals surface area contributed by atoms with Crippen molar-refractivity contribution in [3.05, 3.63) is 59.7 Å². The van der Waals surface area contributed by atoms with E-state index in [2.05, 4.69) is 5.32 Å². The fourth-order valence-corrected chi connectivity index (χ4v) is 2.46. The number of benzene rings is 2. The standard InChI is InChI=1S/C19H16F3N3O2/c1-13(26)25(17-8-3-2-5-14(17)12-23)10-9-18(27)24-16-7-4-6-15(11-16)19(20,21)22/h2-8,11H,9-10H2,1H3,(H,24,27). The predicted octanol–water partition coefficient (Wildman–Crippen LogP) is 3.96. The average molecular weight is 375 g/mol. The average Bonchev–Trinajstić information content (AvgIpc) is 2.61. The molecule has 0 heterocycles. The monoisotopic (exact) mass is 375 g/mol. The normalized spacial score (nSPS) is 10.8. The minimum Gasteiger partial charge on any atom is -0.326 e. The highest BCUT2D eigenvalue weighted by atomic mass is 19.4. The van der Waals surface area contributed by atoms with Gasteiger partial charge in [-0.05, 0) is 30.3 Å². The molecule has 140 valence electrons. The van der Waals surface area contributed by atoms with Crippen molar-refractivity contribution in [3.63, 3.8) is 0 Å². The van der Waals surface area contributed by atoms with Gasteiger partial charge in [0.15, 0.2) is 0 Å². The van der Waals surface area contributed by atoms with Crippen molar-refractivity contribution in [1.82, 2.24) is 0 Å². The molecule has 27 heavy (non-hydrogen) atoms. The number of nitrogens with one attached hydrogen (secondary N) is 1. The molecule has 8 heteroatoms. The van der Waals surface area contributed by atoms with Crippen molar-refractivity contribution in [2.45, 2.75) is 19.5 Å². The van der Waals surface area contributed by atoms with Gasteiger partial charge in [0.25, 0.3) is 0 Å². The lowest BCUT2D eigenvalue weighted by atomic mass is 10.1. The molecule has 0 aliphatic heterocycles. The van der Waals surface area contributed by atoms with Gasteiger partial charge in [0.1, 0.15) is 6.07 Å². The highest BCUT2D eigenvalue weighted by molar-refractivity contribution is 5.95. The molecule has 0 fully saturated rings. The Hall–Kier alpha value is -3.34. The molecule has 0 atom stereocenters. The van der Waals surface area contributed by atoms with Gasteiger partial charge >= 0.3 is 6.18 Å². The molecule has 0 radical (unpaired) electrons. The van der Waals surface area contributed by atoms with E-state index in [-0.39, 0.29) is 30.1 Å². The van der Waals surface area contributed by atoms with E-state index in [1.165, 1.54) is 24.0 Å². The van der Waals surface area contributed by atoms with Gasteiger partial charge in [0, 0.05) is 25.6 Å². The van der Waals surface area contributed by atoms with Crippen LogP contribution < -0.4 is 10.2 Å². The molecule has 0 spiro atoms. The number of carbonyl (C=O) groups excluding carboxylic acids is 2. The van der Waals surface area contributed by atoms with Crippen LogP contribution in [-0.4, -0.2) is 18.4 Å². The Morgan fingerprint density at radius 3 is 2.48 bits per heavy atom. The highest BCUT2D eigenvalue weighted by Crippen LogP contribution is 2.30. The van der Waals surface area contributed by atoms with Crippen LogP contribution >= 0.6 is 0 Å². The summed E-state index contributed by atoms with van der Waals surface area (Å²) in [5, 5.41) is 11.5. The fraction of sp³-hybridized carbons (Fsp3) is 0.211.